The molecule has 3 nitrogen and oxygen atoms in total. The minimum atomic E-state index is 0. The summed E-state index contributed by atoms with van der Waals surface area (Å²) in [4.78, 5) is 0. The number of nitrogens with one attached hydrogen (secondary N) is 1. The average molecular weight is 311 g/mol. The number of aliphatic hydroxyl groups excluding tert-OH is 1. The smallest absolute Gasteiger partial charge is 0.133 e. The molecule has 0 heterocycles. The molecule has 0 aliphatic heterocycles. The SMILES string of the molecule is CCOc1ccc(CNCCO)cc1Br.Cl. The quantitative estimate of drug-likeness (QED) is 0.793. The van der Waals surface area contributed by atoms with Crippen molar-refractivity contribution >= 4 is 28.3 Å². The molecule has 0 bridgehead atoms. The van der Waals surface area contributed by atoms with Gasteiger partial charge in [0.05, 0.1) is 17.7 Å². The highest BCUT2D eigenvalue weighted by Gasteiger charge is 2.01. The molecule has 5 heteroatoms. The highest BCUT2D eigenvalue weighted by molar-refractivity contribution is 9.10. The molecule has 0 aliphatic rings. The van der Waals surface area contributed by atoms with Gasteiger partial charge in [0.15, 0.2) is 0 Å². The summed E-state index contributed by atoms with van der Waals surface area (Å²) in [5, 5.41) is 11.7. The maximum atomic E-state index is 8.62. The molecule has 0 fully saturated rings. The van der Waals surface area contributed by atoms with E-state index in [0.717, 1.165) is 16.8 Å². The molecule has 0 unspecified atom stereocenters. The van der Waals surface area contributed by atoms with Crippen molar-refractivity contribution in [2.45, 2.75) is 13.5 Å². The zero-order valence-electron chi connectivity index (χ0n) is 9.20. The van der Waals surface area contributed by atoms with Crippen LogP contribution in [-0.4, -0.2) is 24.9 Å². The predicted octanol–water partition coefficient (Wildman–Crippen LogP) is 2.35. The molecular weight excluding hydrogens is 293 g/mol. The normalized spacial score (nSPS) is 9.69. The van der Waals surface area contributed by atoms with Crippen molar-refractivity contribution in [1.82, 2.24) is 5.32 Å². The molecule has 0 saturated carbocycles. The van der Waals surface area contributed by atoms with E-state index in [-0.39, 0.29) is 19.0 Å². The summed E-state index contributed by atoms with van der Waals surface area (Å²) in [5.41, 5.74) is 1.17. The van der Waals surface area contributed by atoms with E-state index in [0.29, 0.717) is 13.2 Å². The Kier molecular flexibility index (Phi) is 8.66. The van der Waals surface area contributed by atoms with E-state index in [9.17, 15) is 0 Å². The van der Waals surface area contributed by atoms with Crippen LogP contribution < -0.4 is 10.1 Å². The molecule has 1 aromatic carbocycles. The molecular formula is C11H17BrClNO2. The molecule has 0 saturated heterocycles. The van der Waals surface area contributed by atoms with Crippen LogP contribution >= 0.6 is 28.3 Å². The van der Waals surface area contributed by atoms with Gasteiger partial charge in [-0.15, -0.1) is 12.4 Å². The minimum Gasteiger partial charge on any atom is -0.493 e. The Bertz CT molecular complexity index is 310. The molecule has 0 spiro atoms. The topological polar surface area (TPSA) is 41.5 Å². The van der Waals surface area contributed by atoms with E-state index in [1.54, 1.807) is 0 Å². The number of halogens is 2. The highest BCUT2D eigenvalue weighted by atomic mass is 79.9. The Morgan fingerprint density at radius 2 is 2.19 bits per heavy atom. The molecule has 16 heavy (non-hydrogen) atoms. The first kappa shape index (κ1) is 15.7. The summed E-state index contributed by atoms with van der Waals surface area (Å²) in [5.74, 6) is 0.864. The van der Waals surface area contributed by atoms with Crippen molar-refractivity contribution < 1.29 is 9.84 Å². The molecule has 2 N–H and O–H groups in total. The monoisotopic (exact) mass is 309 g/mol. The van der Waals surface area contributed by atoms with Gasteiger partial charge in [-0.05, 0) is 40.5 Å². The molecule has 1 rings (SSSR count). The number of rotatable bonds is 6. The molecule has 0 radical (unpaired) electrons. The number of hydrogen-bond acceptors (Lipinski definition) is 3. The van der Waals surface area contributed by atoms with E-state index in [1.165, 1.54) is 5.56 Å². The second kappa shape index (κ2) is 8.82. The van der Waals surface area contributed by atoms with Gasteiger partial charge in [0.1, 0.15) is 5.75 Å². The van der Waals surface area contributed by atoms with Crippen molar-refractivity contribution in [2.24, 2.45) is 0 Å². The third kappa shape index (κ3) is 5.16. The summed E-state index contributed by atoms with van der Waals surface area (Å²) in [6.07, 6.45) is 0. The summed E-state index contributed by atoms with van der Waals surface area (Å²) < 4.78 is 6.38. The lowest BCUT2D eigenvalue weighted by Crippen LogP contribution is -2.17. The lowest BCUT2D eigenvalue weighted by atomic mass is 10.2. The van der Waals surface area contributed by atoms with Crippen LogP contribution in [0.1, 0.15) is 12.5 Å². The fourth-order valence-corrected chi connectivity index (χ4v) is 1.78. The van der Waals surface area contributed by atoms with E-state index in [1.807, 2.05) is 25.1 Å². The Morgan fingerprint density at radius 1 is 1.44 bits per heavy atom. The van der Waals surface area contributed by atoms with Crippen molar-refractivity contribution in [3.05, 3.63) is 28.2 Å². The lowest BCUT2D eigenvalue weighted by Gasteiger charge is -2.08. The molecule has 92 valence electrons. The Balaban J connectivity index is 0.00000225. The second-order valence-corrected chi connectivity index (χ2v) is 3.95. The molecule has 0 aromatic heterocycles. The first-order valence-corrected chi connectivity index (χ1v) is 5.80. The summed E-state index contributed by atoms with van der Waals surface area (Å²) >= 11 is 3.45. The lowest BCUT2D eigenvalue weighted by molar-refractivity contribution is 0.292. The second-order valence-electron chi connectivity index (χ2n) is 3.10. The first-order chi connectivity index (χ1) is 7.27. The molecule has 1 aromatic rings. The van der Waals surface area contributed by atoms with Gasteiger partial charge >= 0.3 is 0 Å². The van der Waals surface area contributed by atoms with Crippen LogP contribution in [0, 0.1) is 0 Å². The summed E-state index contributed by atoms with van der Waals surface area (Å²) in [7, 11) is 0. The molecule has 0 amide bonds. The number of aliphatic hydroxyl groups is 1. The van der Waals surface area contributed by atoms with E-state index >= 15 is 0 Å². The van der Waals surface area contributed by atoms with Gasteiger partial charge in [-0.3, -0.25) is 0 Å². The average Bonchev–Trinajstić information content (AvgIpc) is 2.23. The van der Waals surface area contributed by atoms with Gasteiger partial charge in [-0.25, -0.2) is 0 Å². The zero-order chi connectivity index (χ0) is 11.1. The van der Waals surface area contributed by atoms with Gasteiger partial charge in [0, 0.05) is 13.1 Å². The Morgan fingerprint density at radius 3 is 2.75 bits per heavy atom. The van der Waals surface area contributed by atoms with Crippen LogP contribution in [0.4, 0.5) is 0 Å². The Hall–Kier alpha value is -0.290. The van der Waals surface area contributed by atoms with Crippen LogP contribution in [0.5, 0.6) is 5.75 Å². The third-order valence-corrected chi connectivity index (χ3v) is 2.53. The molecule has 0 aliphatic carbocycles. The van der Waals surface area contributed by atoms with Crippen molar-refractivity contribution in [1.29, 1.82) is 0 Å². The van der Waals surface area contributed by atoms with Crippen LogP contribution in [-0.2, 0) is 6.54 Å². The largest absolute Gasteiger partial charge is 0.493 e. The van der Waals surface area contributed by atoms with E-state index < -0.39 is 0 Å². The zero-order valence-corrected chi connectivity index (χ0v) is 11.6. The van der Waals surface area contributed by atoms with Gasteiger partial charge in [0.2, 0.25) is 0 Å². The summed E-state index contributed by atoms with van der Waals surface area (Å²) in [6.45, 7) is 4.17. The summed E-state index contributed by atoms with van der Waals surface area (Å²) in [6, 6.07) is 5.99. The minimum absolute atomic E-state index is 0. The van der Waals surface area contributed by atoms with Crippen molar-refractivity contribution in [3.63, 3.8) is 0 Å². The Labute approximate surface area is 111 Å². The van der Waals surface area contributed by atoms with Crippen LogP contribution in [0.25, 0.3) is 0 Å². The molecule has 0 atom stereocenters. The van der Waals surface area contributed by atoms with Crippen molar-refractivity contribution in [2.75, 3.05) is 19.8 Å². The fraction of sp³-hybridized carbons (Fsp3) is 0.455. The fourth-order valence-electron chi connectivity index (χ4n) is 1.24. The standard InChI is InChI=1S/C11H16BrNO2.ClH/c1-2-15-11-4-3-9(7-10(11)12)8-13-5-6-14;/h3-4,7,13-14H,2,5-6,8H2,1H3;1H. The number of hydrogen-bond donors (Lipinski definition) is 2. The van der Waals surface area contributed by atoms with E-state index in [2.05, 4.69) is 21.2 Å². The van der Waals surface area contributed by atoms with Gasteiger partial charge in [-0.2, -0.15) is 0 Å². The third-order valence-electron chi connectivity index (χ3n) is 1.91. The van der Waals surface area contributed by atoms with Crippen molar-refractivity contribution in [3.8, 4) is 5.75 Å². The van der Waals surface area contributed by atoms with Crippen LogP contribution in [0.3, 0.4) is 0 Å². The predicted molar refractivity (Wildman–Crippen MR) is 71.4 cm³/mol. The van der Waals surface area contributed by atoms with E-state index in [4.69, 9.17) is 9.84 Å². The van der Waals surface area contributed by atoms with Gasteiger partial charge in [0.25, 0.3) is 0 Å². The van der Waals surface area contributed by atoms with Crippen LogP contribution in [0.15, 0.2) is 22.7 Å². The van der Waals surface area contributed by atoms with Gasteiger partial charge < -0.3 is 15.2 Å². The maximum absolute atomic E-state index is 8.62. The van der Waals surface area contributed by atoms with Gasteiger partial charge in [-0.1, -0.05) is 6.07 Å². The first-order valence-electron chi connectivity index (χ1n) is 5.00. The van der Waals surface area contributed by atoms with Crippen LogP contribution in [0.2, 0.25) is 0 Å². The number of benzene rings is 1. The highest BCUT2D eigenvalue weighted by Crippen LogP contribution is 2.25. The number of ether oxygens (including phenoxy) is 1. The maximum Gasteiger partial charge on any atom is 0.133 e.